The van der Waals surface area contributed by atoms with Gasteiger partial charge in [-0.15, -0.1) is 24.0 Å². The van der Waals surface area contributed by atoms with Gasteiger partial charge in [-0.3, -0.25) is 9.79 Å². The average molecular weight is 534 g/mol. The lowest BCUT2D eigenvalue weighted by molar-refractivity contribution is -0.120. The van der Waals surface area contributed by atoms with Crippen LogP contribution in [0.15, 0.2) is 29.3 Å². The van der Waals surface area contributed by atoms with Crippen molar-refractivity contribution in [3.05, 3.63) is 35.6 Å². The zero-order chi connectivity index (χ0) is 21.0. The average Bonchev–Trinajstić information content (AvgIpc) is 2.70. The zero-order valence-corrected chi connectivity index (χ0v) is 20.2. The van der Waals surface area contributed by atoms with E-state index in [-0.39, 0.29) is 54.1 Å². The van der Waals surface area contributed by atoms with Gasteiger partial charge >= 0.3 is 0 Å². The molecule has 0 bridgehead atoms. The van der Waals surface area contributed by atoms with Gasteiger partial charge in [-0.2, -0.15) is 0 Å². The molecule has 2 rings (SSSR count). The molecule has 0 heterocycles. The summed E-state index contributed by atoms with van der Waals surface area (Å²) >= 11 is 0. The zero-order valence-electron chi connectivity index (χ0n) is 17.9. The fourth-order valence-corrected chi connectivity index (χ4v) is 3.89. The highest BCUT2D eigenvalue weighted by atomic mass is 127. The number of nitrogens with zero attached hydrogens (tertiary/aromatic N) is 1. The Morgan fingerprint density at radius 1 is 1.17 bits per heavy atom. The second kappa shape index (κ2) is 14.6. The number of carbonyl (C=O) groups is 1. The van der Waals surface area contributed by atoms with Crippen LogP contribution in [0.1, 0.15) is 51.0 Å². The molecule has 4 N–H and O–H groups in total. The third-order valence-electron chi connectivity index (χ3n) is 5.47. The van der Waals surface area contributed by atoms with Crippen molar-refractivity contribution in [2.45, 2.75) is 51.9 Å². The predicted molar refractivity (Wildman–Crippen MR) is 130 cm³/mol. The fourth-order valence-electron chi connectivity index (χ4n) is 3.89. The molecule has 30 heavy (non-hydrogen) atoms. The Morgan fingerprint density at radius 3 is 2.57 bits per heavy atom. The number of carbonyl (C=O) groups excluding carboxylic acids is 1. The van der Waals surface area contributed by atoms with E-state index in [1.165, 1.54) is 31.4 Å². The van der Waals surface area contributed by atoms with Crippen molar-refractivity contribution >= 4 is 35.8 Å². The van der Waals surface area contributed by atoms with Gasteiger partial charge in [0, 0.05) is 32.8 Å². The molecule has 1 amide bonds. The van der Waals surface area contributed by atoms with Crippen LogP contribution in [0.2, 0.25) is 0 Å². The van der Waals surface area contributed by atoms with Gasteiger partial charge in [0.15, 0.2) is 5.96 Å². The number of rotatable bonds is 10. The molecular weight excluding hydrogens is 498 g/mol. The van der Waals surface area contributed by atoms with Gasteiger partial charge < -0.3 is 21.1 Å². The van der Waals surface area contributed by atoms with Crippen LogP contribution in [0.4, 0.5) is 4.39 Å². The van der Waals surface area contributed by atoms with E-state index in [1.807, 2.05) is 6.92 Å². The molecule has 0 aliphatic heterocycles. The number of amides is 1. The van der Waals surface area contributed by atoms with E-state index >= 15 is 0 Å². The molecular formula is C22H36FIN4O2. The second-order valence-electron chi connectivity index (χ2n) is 7.81. The van der Waals surface area contributed by atoms with E-state index in [1.54, 1.807) is 12.1 Å². The summed E-state index contributed by atoms with van der Waals surface area (Å²) in [6.07, 6.45) is 6.87. The second-order valence-corrected chi connectivity index (χ2v) is 7.81. The van der Waals surface area contributed by atoms with Crippen molar-refractivity contribution in [2.75, 3.05) is 32.8 Å². The quantitative estimate of drug-likeness (QED) is 0.161. The van der Waals surface area contributed by atoms with Crippen molar-refractivity contribution in [2.24, 2.45) is 10.4 Å². The van der Waals surface area contributed by atoms with Gasteiger partial charge in [-0.1, -0.05) is 31.4 Å². The number of hydrogen-bond acceptors (Lipinski definition) is 3. The molecule has 1 aliphatic rings. The van der Waals surface area contributed by atoms with Crippen LogP contribution in [0, 0.1) is 11.2 Å². The molecule has 0 unspecified atom stereocenters. The normalized spacial score (nSPS) is 15.8. The summed E-state index contributed by atoms with van der Waals surface area (Å²) in [5.74, 6) is 0.263. The molecule has 0 spiro atoms. The summed E-state index contributed by atoms with van der Waals surface area (Å²) in [6, 6.07) is 6.09. The summed E-state index contributed by atoms with van der Waals surface area (Å²) in [4.78, 5) is 16.8. The van der Waals surface area contributed by atoms with Gasteiger partial charge in [0.25, 0.3) is 0 Å². The van der Waals surface area contributed by atoms with Gasteiger partial charge in [0.1, 0.15) is 5.82 Å². The Bertz CT molecular complexity index is 661. The van der Waals surface area contributed by atoms with Crippen LogP contribution in [-0.4, -0.2) is 49.8 Å². The lowest BCUT2D eigenvalue weighted by atomic mass is 9.72. The van der Waals surface area contributed by atoms with Crippen molar-refractivity contribution in [1.82, 2.24) is 16.0 Å². The van der Waals surface area contributed by atoms with E-state index in [0.717, 1.165) is 31.8 Å². The first-order valence-corrected chi connectivity index (χ1v) is 10.7. The highest BCUT2D eigenvalue weighted by molar-refractivity contribution is 14.0. The molecule has 1 aliphatic carbocycles. The third kappa shape index (κ3) is 9.59. The van der Waals surface area contributed by atoms with Gasteiger partial charge in [0.2, 0.25) is 5.91 Å². The molecule has 1 fully saturated rings. The van der Waals surface area contributed by atoms with Crippen LogP contribution < -0.4 is 16.0 Å². The molecule has 1 saturated carbocycles. The van der Waals surface area contributed by atoms with Crippen LogP contribution >= 0.6 is 24.0 Å². The number of guanidine groups is 1. The standard InChI is InChI=1S/C22H35FN4O2.HI/c1-2-24-21(27-17-22(11-14-28)9-4-3-5-10-22)26-13-12-25-20(29)16-18-7-6-8-19(23)15-18;/h6-8,15,28H,2-5,9-14,16-17H2,1H3,(H,25,29)(H2,24,26,27);1H. The van der Waals surface area contributed by atoms with Crippen molar-refractivity contribution in [3.8, 4) is 0 Å². The molecule has 0 radical (unpaired) electrons. The highest BCUT2D eigenvalue weighted by Crippen LogP contribution is 2.39. The Kier molecular flexibility index (Phi) is 12.9. The summed E-state index contributed by atoms with van der Waals surface area (Å²) in [6.45, 7) is 4.69. The number of benzene rings is 1. The fraction of sp³-hybridized carbons (Fsp3) is 0.636. The largest absolute Gasteiger partial charge is 0.396 e. The van der Waals surface area contributed by atoms with Gasteiger partial charge in [-0.25, -0.2) is 4.39 Å². The van der Waals surface area contributed by atoms with E-state index in [9.17, 15) is 14.3 Å². The lowest BCUT2D eigenvalue weighted by Gasteiger charge is -2.35. The molecule has 0 aromatic heterocycles. The first-order chi connectivity index (χ1) is 14.1. The van der Waals surface area contributed by atoms with Gasteiger partial charge in [0.05, 0.1) is 6.42 Å². The minimum Gasteiger partial charge on any atom is -0.396 e. The topological polar surface area (TPSA) is 85.8 Å². The number of aliphatic imine (C=N–C) groups is 1. The molecule has 170 valence electrons. The van der Waals surface area contributed by atoms with Crippen LogP contribution in [0.25, 0.3) is 0 Å². The van der Waals surface area contributed by atoms with Crippen molar-refractivity contribution in [3.63, 3.8) is 0 Å². The summed E-state index contributed by atoms with van der Waals surface area (Å²) in [5.41, 5.74) is 0.765. The maximum Gasteiger partial charge on any atom is 0.224 e. The summed E-state index contributed by atoms with van der Waals surface area (Å²) < 4.78 is 13.2. The van der Waals surface area contributed by atoms with Gasteiger partial charge in [-0.05, 0) is 49.3 Å². The molecule has 1 aromatic rings. The Hall–Kier alpha value is -1.42. The van der Waals surface area contributed by atoms with E-state index < -0.39 is 0 Å². The molecule has 0 saturated heterocycles. The first-order valence-electron chi connectivity index (χ1n) is 10.7. The van der Waals surface area contributed by atoms with Crippen LogP contribution in [-0.2, 0) is 11.2 Å². The van der Waals surface area contributed by atoms with E-state index in [0.29, 0.717) is 25.2 Å². The highest BCUT2D eigenvalue weighted by Gasteiger charge is 2.31. The minimum atomic E-state index is -0.333. The predicted octanol–water partition coefficient (Wildman–Crippen LogP) is 2.99. The molecule has 0 atom stereocenters. The molecule has 1 aromatic carbocycles. The first kappa shape index (κ1) is 26.6. The lowest BCUT2D eigenvalue weighted by Crippen LogP contribution is -2.42. The SMILES string of the molecule is CCNC(=NCC1(CCO)CCCCC1)NCCNC(=O)Cc1cccc(F)c1.I. The van der Waals surface area contributed by atoms with Crippen LogP contribution in [0.5, 0.6) is 0 Å². The summed E-state index contributed by atoms with van der Waals surface area (Å²) in [5, 5.41) is 18.8. The van der Waals surface area contributed by atoms with E-state index in [4.69, 9.17) is 4.99 Å². The molecule has 8 heteroatoms. The maximum atomic E-state index is 13.2. The third-order valence-corrected chi connectivity index (χ3v) is 5.47. The maximum absolute atomic E-state index is 13.2. The Labute approximate surface area is 196 Å². The van der Waals surface area contributed by atoms with E-state index in [2.05, 4.69) is 16.0 Å². The Balaban J connectivity index is 0.00000450. The summed E-state index contributed by atoms with van der Waals surface area (Å²) in [7, 11) is 0. The number of nitrogens with one attached hydrogen (secondary N) is 3. The Morgan fingerprint density at radius 2 is 1.90 bits per heavy atom. The number of hydrogen-bond donors (Lipinski definition) is 4. The molecule has 6 nitrogen and oxygen atoms in total. The number of aliphatic hydroxyl groups is 1. The van der Waals surface area contributed by atoms with Crippen LogP contribution in [0.3, 0.4) is 0 Å². The minimum absolute atomic E-state index is 0. The van der Waals surface area contributed by atoms with Crippen molar-refractivity contribution in [1.29, 1.82) is 0 Å². The van der Waals surface area contributed by atoms with Crippen molar-refractivity contribution < 1.29 is 14.3 Å². The number of aliphatic hydroxyl groups excluding tert-OH is 1. The smallest absolute Gasteiger partial charge is 0.224 e. The number of halogens is 2. The monoisotopic (exact) mass is 534 g/mol.